The van der Waals surface area contributed by atoms with Crippen molar-refractivity contribution in [3.63, 3.8) is 0 Å². The normalized spacial score (nSPS) is 13.1. The van der Waals surface area contributed by atoms with E-state index in [1.807, 2.05) is 36.1 Å². The van der Waals surface area contributed by atoms with Gasteiger partial charge in [-0.15, -0.1) is 0 Å². The maximum atomic E-state index is 13.0. The van der Waals surface area contributed by atoms with E-state index >= 15 is 0 Å². The Labute approximate surface area is 165 Å². The highest BCUT2D eigenvalue weighted by atomic mass is 16.2. The zero-order chi connectivity index (χ0) is 19.3. The lowest BCUT2D eigenvalue weighted by Gasteiger charge is -2.28. The summed E-state index contributed by atoms with van der Waals surface area (Å²) in [5.74, 6) is 1.26. The molecule has 0 radical (unpaired) electrons. The van der Waals surface area contributed by atoms with Crippen LogP contribution in [0, 0.1) is 6.92 Å². The lowest BCUT2D eigenvalue weighted by Crippen LogP contribution is -2.36. The lowest BCUT2D eigenvalue weighted by molar-refractivity contribution is 0.0728. The molecule has 142 valence electrons. The second-order valence-corrected chi connectivity index (χ2v) is 7.09. The van der Waals surface area contributed by atoms with E-state index in [1.54, 1.807) is 6.07 Å². The Balaban J connectivity index is 1.44. The van der Waals surface area contributed by atoms with E-state index in [2.05, 4.69) is 45.6 Å². The quantitative estimate of drug-likeness (QED) is 0.743. The number of carbonyl (C=O) groups is 1. The van der Waals surface area contributed by atoms with Gasteiger partial charge in [0.2, 0.25) is 0 Å². The number of rotatable bonds is 5. The number of hydrogen-bond acceptors (Lipinski definition) is 4. The van der Waals surface area contributed by atoms with Crippen molar-refractivity contribution in [2.75, 3.05) is 18.4 Å². The third-order valence-corrected chi connectivity index (χ3v) is 5.04. The van der Waals surface area contributed by atoms with E-state index in [0.29, 0.717) is 23.9 Å². The van der Waals surface area contributed by atoms with Crippen molar-refractivity contribution < 1.29 is 4.79 Å². The van der Waals surface area contributed by atoms with Crippen LogP contribution in [0.25, 0.3) is 0 Å². The molecule has 5 nitrogen and oxygen atoms in total. The molecule has 1 amide bonds. The molecule has 0 unspecified atom stereocenters. The molecule has 0 atom stereocenters. The third-order valence-electron chi connectivity index (χ3n) is 5.04. The minimum atomic E-state index is -0.0360. The van der Waals surface area contributed by atoms with Crippen LogP contribution < -0.4 is 5.32 Å². The average molecular weight is 372 g/mol. The summed E-state index contributed by atoms with van der Waals surface area (Å²) < 4.78 is 0. The van der Waals surface area contributed by atoms with Gasteiger partial charge in [-0.3, -0.25) is 4.79 Å². The van der Waals surface area contributed by atoms with E-state index in [4.69, 9.17) is 0 Å². The molecule has 3 aromatic rings. The number of nitrogens with one attached hydrogen (secondary N) is 1. The molecule has 1 aromatic heterocycles. The predicted molar refractivity (Wildman–Crippen MR) is 110 cm³/mol. The fourth-order valence-electron chi connectivity index (χ4n) is 3.58. The average Bonchev–Trinajstić information content (AvgIpc) is 2.73. The Morgan fingerprint density at radius 3 is 2.61 bits per heavy atom. The second-order valence-electron chi connectivity index (χ2n) is 7.09. The van der Waals surface area contributed by atoms with Crippen LogP contribution in [0.5, 0.6) is 0 Å². The van der Waals surface area contributed by atoms with Gasteiger partial charge in [0, 0.05) is 25.7 Å². The Hall–Kier alpha value is -3.21. The van der Waals surface area contributed by atoms with Gasteiger partial charge >= 0.3 is 0 Å². The first-order chi connectivity index (χ1) is 13.7. The summed E-state index contributed by atoms with van der Waals surface area (Å²) in [6.45, 7) is 3.93. The molecule has 1 aliphatic heterocycles. The summed E-state index contributed by atoms with van der Waals surface area (Å²) in [5, 5.41) is 3.33. The highest BCUT2D eigenvalue weighted by Crippen LogP contribution is 2.20. The molecule has 0 saturated heterocycles. The minimum absolute atomic E-state index is 0.0360. The number of benzene rings is 2. The molecule has 5 heteroatoms. The SMILES string of the molecule is Cc1nc(NCCc2ccccc2)cc(C(=O)N2CCc3ccccc3C2)n1. The van der Waals surface area contributed by atoms with Crippen LogP contribution in [0.4, 0.5) is 5.82 Å². The highest BCUT2D eigenvalue weighted by molar-refractivity contribution is 5.93. The molecule has 2 heterocycles. The van der Waals surface area contributed by atoms with Crippen molar-refractivity contribution in [3.8, 4) is 0 Å². The molecule has 0 aliphatic carbocycles. The van der Waals surface area contributed by atoms with Crippen LogP contribution in [0.2, 0.25) is 0 Å². The van der Waals surface area contributed by atoms with Crippen LogP contribution in [0.3, 0.4) is 0 Å². The number of hydrogen-bond donors (Lipinski definition) is 1. The van der Waals surface area contributed by atoms with E-state index in [9.17, 15) is 4.79 Å². The Bertz CT molecular complexity index is 971. The van der Waals surface area contributed by atoms with Gasteiger partial charge in [-0.05, 0) is 36.5 Å². The summed E-state index contributed by atoms with van der Waals surface area (Å²) in [7, 11) is 0. The number of amides is 1. The van der Waals surface area contributed by atoms with E-state index in [-0.39, 0.29) is 5.91 Å². The smallest absolute Gasteiger partial charge is 0.272 e. The van der Waals surface area contributed by atoms with Crippen LogP contribution in [-0.4, -0.2) is 33.9 Å². The second kappa shape index (κ2) is 8.21. The Morgan fingerprint density at radius 2 is 1.79 bits per heavy atom. The first kappa shape index (κ1) is 18.2. The summed E-state index contributed by atoms with van der Waals surface area (Å²) in [6.07, 6.45) is 1.78. The van der Waals surface area contributed by atoms with E-state index < -0.39 is 0 Å². The van der Waals surface area contributed by atoms with Gasteiger partial charge < -0.3 is 10.2 Å². The zero-order valence-corrected chi connectivity index (χ0v) is 16.1. The summed E-state index contributed by atoms with van der Waals surface area (Å²) in [5.41, 5.74) is 4.26. The van der Waals surface area contributed by atoms with Crippen LogP contribution in [0.1, 0.15) is 33.0 Å². The maximum Gasteiger partial charge on any atom is 0.272 e. The molecule has 2 aromatic carbocycles. The van der Waals surface area contributed by atoms with Gasteiger partial charge in [-0.2, -0.15) is 0 Å². The summed E-state index contributed by atoms with van der Waals surface area (Å²) >= 11 is 0. The van der Waals surface area contributed by atoms with Gasteiger partial charge in [-0.25, -0.2) is 9.97 Å². The number of aryl methyl sites for hydroxylation is 1. The Morgan fingerprint density at radius 1 is 1.04 bits per heavy atom. The topological polar surface area (TPSA) is 58.1 Å². The van der Waals surface area contributed by atoms with E-state index in [1.165, 1.54) is 16.7 Å². The molecule has 4 rings (SSSR count). The number of fused-ring (bicyclic) bond motifs is 1. The van der Waals surface area contributed by atoms with Crippen LogP contribution in [0.15, 0.2) is 60.7 Å². The molecular weight excluding hydrogens is 348 g/mol. The monoisotopic (exact) mass is 372 g/mol. The number of carbonyl (C=O) groups excluding carboxylic acids is 1. The van der Waals surface area contributed by atoms with Crippen molar-refractivity contribution in [1.29, 1.82) is 0 Å². The molecule has 0 fully saturated rings. The van der Waals surface area contributed by atoms with Gasteiger partial charge in [0.1, 0.15) is 17.3 Å². The number of aromatic nitrogens is 2. The molecule has 0 saturated carbocycles. The number of nitrogens with zero attached hydrogens (tertiary/aromatic N) is 3. The number of anilines is 1. The standard InChI is InChI=1S/C23H24N4O/c1-17-25-21(15-22(26-17)24-13-11-18-7-3-2-4-8-18)23(28)27-14-12-19-9-5-6-10-20(19)16-27/h2-10,15H,11-14,16H2,1H3,(H,24,25,26). The minimum Gasteiger partial charge on any atom is -0.370 e. The lowest BCUT2D eigenvalue weighted by atomic mass is 10.00. The molecule has 0 bridgehead atoms. The molecule has 28 heavy (non-hydrogen) atoms. The predicted octanol–water partition coefficient (Wildman–Crippen LogP) is 3.64. The van der Waals surface area contributed by atoms with Crippen molar-refractivity contribution in [3.05, 3.63) is 88.9 Å². The first-order valence-corrected chi connectivity index (χ1v) is 9.68. The van der Waals surface area contributed by atoms with Gasteiger partial charge in [-0.1, -0.05) is 54.6 Å². The highest BCUT2D eigenvalue weighted by Gasteiger charge is 2.23. The zero-order valence-electron chi connectivity index (χ0n) is 16.1. The van der Waals surface area contributed by atoms with Crippen molar-refractivity contribution in [2.45, 2.75) is 26.3 Å². The maximum absolute atomic E-state index is 13.0. The molecule has 1 N–H and O–H groups in total. The molecular formula is C23H24N4O. The van der Waals surface area contributed by atoms with Gasteiger partial charge in [0.25, 0.3) is 5.91 Å². The Kier molecular flexibility index (Phi) is 5.33. The fourth-order valence-corrected chi connectivity index (χ4v) is 3.58. The van der Waals surface area contributed by atoms with Crippen molar-refractivity contribution in [2.24, 2.45) is 0 Å². The van der Waals surface area contributed by atoms with Crippen molar-refractivity contribution in [1.82, 2.24) is 14.9 Å². The fraction of sp³-hybridized carbons (Fsp3) is 0.261. The summed E-state index contributed by atoms with van der Waals surface area (Å²) in [4.78, 5) is 23.7. The van der Waals surface area contributed by atoms with Crippen LogP contribution >= 0.6 is 0 Å². The van der Waals surface area contributed by atoms with Gasteiger partial charge in [0.15, 0.2) is 0 Å². The first-order valence-electron chi connectivity index (χ1n) is 9.68. The molecule has 0 spiro atoms. The van der Waals surface area contributed by atoms with Crippen LogP contribution in [-0.2, 0) is 19.4 Å². The summed E-state index contributed by atoms with van der Waals surface area (Å²) in [6, 6.07) is 20.4. The third kappa shape index (κ3) is 4.19. The largest absolute Gasteiger partial charge is 0.370 e. The van der Waals surface area contributed by atoms with E-state index in [0.717, 1.165) is 25.9 Å². The van der Waals surface area contributed by atoms with Gasteiger partial charge in [0.05, 0.1) is 0 Å². The van der Waals surface area contributed by atoms with Crippen molar-refractivity contribution >= 4 is 11.7 Å². The molecule has 1 aliphatic rings.